The first-order chi connectivity index (χ1) is 11.2. The van der Waals surface area contributed by atoms with Crippen LogP contribution in [0.15, 0.2) is 42.5 Å². The van der Waals surface area contributed by atoms with Crippen molar-refractivity contribution in [3.05, 3.63) is 59.2 Å². The number of hydroxylamine groups is 1. The third-order valence-electron chi connectivity index (χ3n) is 3.86. The molecule has 0 bridgehead atoms. The van der Waals surface area contributed by atoms with E-state index in [0.717, 1.165) is 29.7 Å². The Morgan fingerprint density at radius 3 is 2.12 bits per heavy atom. The quantitative estimate of drug-likeness (QED) is 0.605. The highest BCUT2D eigenvalue weighted by atomic mass is 35.5. The van der Waals surface area contributed by atoms with Gasteiger partial charge in [0, 0.05) is 0 Å². The monoisotopic (exact) mass is 388 g/mol. The van der Waals surface area contributed by atoms with E-state index in [1.165, 1.54) is 0 Å². The van der Waals surface area contributed by atoms with E-state index in [9.17, 15) is 5.21 Å². The van der Waals surface area contributed by atoms with Gasteiger partial charge < -0.3 is 20.0 Å². The summed E-state index contributed by atoms with van der Waals surface area (Å²) in [6.07, 6.45) is 0.817. The van der Waals surface area contributed by atoms with Crippen LogP contribution >= 0.6 is 24.8 Å². The normalized spacial score (nSPS) is 11.0. The van der Waals surface area contributed by atoms with Crippen molar-refractivity contribution < 1.29 is 14.7 Å². The number of hydrogen-bond donors (Lipinski definition) is 3. The van der Waals surface area contributed by atoms with E-state index in [-0.39, 0.29) is 30.9 Å². The summed E-state index contributed by atoms with van der Waals surface area (Å²) in [6, 6.07) is 13.4. The molecule has 2 rings (SSSR count). The molecule has 3 N–H and O–H groups in total. The van der Waals surface area contributed by atoms with Crippen LogP contribution in [0.3, 0.4) is 0 Å². The summed E-state index contributed by atoms with van der Waals surface area (Å²) in [4.78, 5) is 0. The number of halogens is 2. The maximum atomic E-state index is 9.74. The van der Waals surface area contributed by atoms with Gasteiger partial charge in [-0.3, -0.25) is 0 Å². The molecule has 0 amide bonds. The minimum Gasteiger partial charge on any atom is -0.493 e. The highest BCUT2D eigenvalue weighted by molar-refractivity contribution is 5.85. The first-order valence-corrected chi connectivity index (χ1v) is 7.59. The van der Waals surface area contributed by atoms with Crippen LogP contribution in [0.1, 0.15) is 22.7 Å². The molecule has 0 aliphatic carbocycles. The highest BCUT2D eigenvalue weighted by Crippen LogP contribution is 2.35. The van der Waals surface area contributed by atoms with Crippen molar-refractivity contribution >= 4 is 24.8 Å². The predicted molar refractivity (Wildman–Crippen MR) is 105 cm³/mol. The molecule has 0 heterocycles. The number of hydrogen-bond acceptors (Lipinski definition) is 5. The fourth-order valence-electron chi connectivity index (χ4n) is 2.65. The fourth-order valence-corrected chi connectivity index (χ4v) is 2.65. The van der Waals surface area contributed by atoms with Crippen molar-refractivity contribution in [3.63, 3.8) is 0 Å². The largest absolute Gasteiger partial charge is 0.493 e. The summed E-state index contributed by atoms with van der Waals surface area (Å²) in [6.45, 7) is 0.829. The summed E-state index contributed by atoms with van der Waals surface area (Å²) >= 11 is 0. The second kappa shape index (κ2) is 12.0. The molecule has 1 atom stereocenters. The van der Waals surface area contributed by atoms with Crippen LogP contribution in [0.5, 0.6) is 11.5 Å². The van der Waals surface area contributed by atoms with E-state index in [4.69, 9.17) is 9.47 Å². The first-order valence-electron chi connectivity index (χ1n) is 7.59. The predicted octanol–water partition coefficient (Wildman–Crippen LogP) is 3.38. The molecule has 2 aromatic carbocycles. The molecule has 0 aromatic heterocycles. The van der Waals surface area contributed by atoms with Crippen LogP contribution in [-0.2, 0) is 6.42 Å². The van der Waals surface area contributed by atoms with Gasteiger partial charge in [0.05, 0.1) is 20.3 Å². The summed E-state index contributed by atoms with van der Waals surface area (Å²) < 4.78 is 10.8. The molecule has 7 heteroatoms. The maximum absolute atomic E-state index is 9.74. The molecule has 1 unspecified atom stereocenters. The zero-order valence-electron chi connectivity index (χ0n) is 14.6. The molecule has 25 heavy (non-hydrogen) atoms. The molecular weight excluding hydrogens is 363 g/mol. The van der Waals surface area contributed by atoms with E-state index in [2.05, 4.69) is 10.8 Å². The van der Waals surface area contributed by atoms with E-state index in [1.807, 2.05) is 49.5 Å². The topological polar surface area (TPSA) is 62.8 Å². The van der Waals surface area contributed by atoms with Gasteiger partial charge in [0.25, 0.3) is 0 Å². The van der Waals surface area contributed by atoms with Crippen LogP contribution in [0.25, 0.3) is 0 Å². The van der Waals surface area contributed by atoms with Crippen molar-refractivity contribution in [2.45, 2.75) is 12.5 Å². The second-order valence-corrected chi connectivity index (χ2v) is 5.23. The summed E-state index contributed by atoms with van der Waals surface area (Å²) in [5, 5.41) is 12.9. The minimum atomic E-state index is -0.331. The smallest absolute Gasteiger partial charge is 0.161 e. The Kier molecular flexibility index (Phi) is 11.2. The van der Waals surface area contributed by atoms with Gasteiger partial charge in [0.2, 0.25) is 0 Å². The van der Waals surface area contributed by atoms with Crippen molar-refractivity contribution in [2.24, 2.45) is 0 Å². The lowest BCUT2D eigenvalue weighted by Gasteiger charge is -2.22. The number of likely N-dealkylation sites (N-methyl/N-ethyl adjacent to an activating group) is 1. The standard InChI is InChI=1S/C18H24N2O3.2ClH/c1-19-10-9-14-11-16(22-2)17(23-3)12-15(14)18(20-21)13-7-5-4-6-8-13;;/h4-8,11-12,18-21H,9-10H2,1-3H3;2*1H. The minimum absolute atomic E-state index is 0. The van der Waals surface area contributed by atoms with Crippen LogP contribution < -0.4 is 20.3 Å². The van der Waals surface area contributed by atoms with Gasteiger partial charge in [0.1, 0.15) is 0 Å². The number of methoxy groups -OCH3 is 2. The zero-order valence-corrected chi connectivity index (χ0v) is 16.2. The van der Waals surface area contributed by atoms with Crippen LogP contribution in [0, 0.1) is 0 Å². The van der Waals surface area contributed by atoms with E-state index in [1.54, 1.807) is 14.2 Å². The molecule has 0 radical (unpaired) electrons. The average molecular weight is 389 g/mol. The number of nitrogens with one attached hydrogen (secondary N) is 2. The fraction of sp³-hybridized carbons (Fsp3) is 0.333. The lowest BCUT2D eigenvalue weighted by molar-refractivity contribution is 0.140. The summed E-state index contributed by atoms with van der Waals surface area (Å²) in [5.74, 6) is 1.33. The Balaban J connectivity index is 0.00000288. The molecule has 0 saturated heterocycles. The van der Waals surface area contributed by atoms with Gasteiger partial charge in [-0.15, -0.1) is 24.8 Å². The Morgan fingerprint density at radius 1 is 1.00 bits per heavy atom. The van der Waals surface area contributed by atoms with Gasteiger partial charge in [-0.05, 0) is 48.8 Å². The Morgan fingerprint density at radius 2 is 1.60 bits per heavy atom. The molecule has 2 aromatic rings. The molecule has 0 fully saturated rings. The Bertz CT molecular complexity index is 627. The van der Waals surface area contributed by atoms with Crippen molar-refractivity contribution in [1.29, 1.82) is 0 Å². The Labute approximate surface area is 161 Å². The second-order valence-electron chi connectivity index (χ2n) is 5.23. The number of rotatable bonds is 8. The molecular formula is C18H26Cl2N2O3. The maximum Gasteiger partial charge on any atom is 0.161 e. The van der Waals surface area contributed by atoms with Gasteiger partial charge in [-0.1, -0.05) is 30.3 Å². The van der Waals surface area contributed by atoms with Crippen LogP contribution in [-0.4, -0.2) is 33.0 Å². The van der Waals surface area contributed by atoms with Crippen LogP contribution in [0.4, 0.5) is 0 Å². The average Bonchev–Trinajstić information content (AvgIpc) is 2.61. The van der Waals surface area contributed by atoms with E-state index >= 15 is 0 Å². The third kappa shape index (κ3) is 5.76. The van der Waals surface area contributed by atoms with Crippen molar-refractivity contribution in [2.75, 3.05) is 27.8 Å². The number of ether oxygens (including phenoxy) is 2. The molecule has 140 valence electrons. The van der Waals surface area contributed by atoms with E-state index < -0.39 is 0 Å². The molecule has 0 spiro atoms. The zero-order chi connectivity index (χ0) is 16.7. The van der Waals surface area contributed by atoms with Gasteiger partial charge in [-0.2, -0.15) is 5.48 Å². The number of benzene rings is 2. The third-order valence-corrected chi connectivity index (χ3v) is 3.86. The van der Waals surface area contributed by atoms with E-state index in [0.29, 0.717) is 11.5 Å². The summed E-state index contributed by atoms with van der Waals surface area (Å²) in [7, 11) is 5.15. The highest BCUT2D eigenvalue weighted by Gasteiger charge is 2.20. The molecule has 0 aliphatic rings. The SMILES string of the molecule is CNCCc1cc(OC)c(OC)cc1C(NO)c1ccccc1.Cl.Cl. The molecule has 0 aliphatic heterocycles. The van der Waals surface area contributed by atoms with Gasteiger partial charge in [0.15, 0.2) is 11.5 Å². The van der Waals surface area contributed by atoms with Gasteiger partial charge in [-0.25, -0.2) is 0 Å². The van der Waals surface area contributed by atoms with Crippen molar-refractivity contribution in [1.82, 2.24) is 10.8 Å². The first kappa shape index (κ1) is 23.5. The molecule has 5 nitrogen and oxygen atoms in total. The van der Waals surface area contributed by atoms with Crippen LogP contribution in [0.2, 0.25) is 0 Å². The lowest BCUT2D eigenvalue weighted by atomic mass is 9.93. The van der Waals surface area contributed by atoms with Crippen molar-refractivity contribution in [3.8, 4) is 11.5 Å². The molecule has 0 saturated carbocycles. The Hall–Kier alpha value is -1.50. The van der Waals surface area contributed by atoms with Gasteiger partial charge >= 0.3 is 0 Å². The summed E-state index contributed by atoms with van der Waals surface area (Å²) in [5.41, 5.74) is 5.46. The lowest BCUT2D eigenvalue weighted by Crippen LogP contribution is -2.21.